The van der Waals surface area contributed by atoms with Crippen LogP contribution in [0.1, 0.15) is 13.3 Å². The van der Waals surface area contributed by atoms with Crippen molar-refractivity contribution >= 4 is 74.0 Å². The van der Waals surface area contributed by atoms with Gasteiger partial charge in [-0.3, -0.25) is 4.79 Å². The number of hydrogen-bond donors (Lipinski definition) is 0. The van der Waals surface area contributed by atoms with Crippen LogP contribution in [0.4, 0.5) is 0 Å². The van der Waals surface area contributed by atoms with E-state index in [4.69, 9.17) is 34.8 Å². The highest BCUT2D eigenvalue weighted by atomic mass is 35.5. The third-order valence-electron chi connectivity index (χ3n) is 3.67. The van der Waals surface area contributed by atoms with Crippen LogP contribution >= 0.6 is 57.9 Å². The molecule has 0 unspecified atom stereocenters. The van der Waals surface area contributed by atoms with Gasteiger partial charge in [0.2, 0.25) is 5.91 Å². The fraction of sp³-hybridized carbons (Fsp3) is 0.222. The van der Waals surface area contributed by atoms with Gasteiger partial charge in [-0.25, -0.2) is 0 Å². The van der Waals surface area contributed by atoms with Gasteiger partial charge in [0.05, 0.1) is 20.3 Å². The van der Waals surface area contributed by atoms with Gasteiger partial charge < -0.3 is 4.57 Å². The molecule has 1 amide bonds. The summed E-state index contributed by atoms with van der Waals surface area (Å²) < 4.78 is 2.89. The van der Waals surface area contributed by atoms with E-state index in [1.807, 2.05) is 41.8 Å². The van der Waals surface area contributed by atoms with Gasteiger partial charge >= 0.3 is 0 Å². The van der Waals surface area contributed by atoms with E-state index in [-0.39, 0.29) is 5.91 Å². The summed E-state index contributed by atoms with van der Waals surface area (Å²) in [6, 6.07) is 11.2. The molecular formula is C18H15Cl3N2OS2. The Morgan fingerprint density at radius 3 is 2.58 bits per heavy atom. The molecular weight excluding hydrogens is 431 g/mol. The van der Waals surface area contributed by atoms with E-state index in [2.05, 4.69) is 4.99 Å². The number of amides is 1. The van der Waals surface area contributed by atoms with Gasteiger partial charge in [-0.05, 0) is 43.3 Å². The number of aryl methyl sites for hydroxylation is 1. The molecule has 0 N–H and O–H groups in total. The van der Waals surface area contributed by atoms with Crippen molar-refractivity contribution in [3.8, 4) is 0 Å². The zero-order valence-electron chi connectivity index (χ0n) is 13.8. The summed E-state index contributed by atoms with van der Waals surface area (Å²) >= 11 is 21.4. The number of fused-ring (bicyclic) bond motifs is 1. The first-order valence-electron chi connectivity index (χ1n) is 7.93. The van der Waals surface area contributed by atoms with Crippen LogP contribution in [-0.2, 0) is 11.3 Å². The fourth-order valence-electron chi connectivity index (χ4n) is 2.43. The van der Waals surface area contributed by atoms with Crippen LogP contribution in [0.5, 0.6) is 0 Å². The molecule has 3 nitrogen and oxygen atoms in total. The third kappa shape index (κ3) is 4.46. The number of nitrogens with zero attached hydrogens (tertiary/aromatic N) is 2. The number of carbonyl (C=O) groups excluding carboxylic acids is 1. The molecule has 0 fully saturated rings. The highest BCUT2D eigenvalue weighted by Gasteiger charge is 2.12. The van der Waals surface area contributed by atoms with E-state index >= 15 is 0 Å². The highest BCUT2D eigenvalue weighted by molar-refractivity contribution is 7.99. The Kier molecular flexibility index (Phi) is 6.70. The van der Waals surface area contributed by atoms with Crippen molar-refractivity contribution in [3.05, 3.63) is 56.3 Å². The minimum atomic E-state index is -0.151. The molecule has 1 aromatic heterocycles. The standard InChI is InChI=1S/C18H15Cl3N2OS2/c1-2-23-17-14(8-7-13(20)16(17)21)26-18(23)22-15(24)9-10-25-12-5-3-11(19)4-6-12/h3-8H,2,9-10H2,1H3. The normalized spacial score (nSPS) is 12.1. The number of rotatable bonds is 5. The Morgan fingerprint density at radius 2 is 1.88 bits per heavy atom. The van der Waals surface area contributed by atoms with Crippen molar-refractivity contribution in [1.29, 1.82) is 0 Å². The number of halogens is 3. The Balaban J connectivity index is 1.77. The van der Waals surface area contributed by atoms with Crippen molar-refractivity contribution in [1.82, 2.24) is 4.57 Å². The van der Waals surface area contributed by atoms with Crippen molar-refractivity contribution in [2.24, 2.45) is 4.99 Å². The highest BCUT2D eigenvalue weighted by Crippen LogP contribution is 2.32. The first-order chi connectivity index (χ1) is 12.5. The summed E-state index contributed by atoms with van der Waals surface area (Å²) in [6.45, 7) is 2.65. The van der Waals surface area contributed by atoms with Gasteiger partial charge in [0.15, 0.2) is 4.80 Å². The second-order valence-electron chi connectivity index (χ2n) is 5.39. The molecule has 0 radical (unpaired) electrons. The molecule has 26 heavy (non-hydrogen) atoms. The average Bonchev–Trinajstić information content (AvgIpc) is 2.97. The van der Waals surface area contributed by atoms with E-state index in [9.17, 15) is 4.79 Å². The molecule has 0 aliphatic heterocycles. The van der Waals surface area contributed by atoms with Crippen LogP contribution < -0.4 is 4.80 Å². The SMILES string of the molecule is CCn1c(=NC(=O)CCSc2ccc(Cl)cc2)sc2ccc(Cl)c(Cl)c21. The summed E-state index contributed by atoms with van der Waals surface area (Å²) in [6.07, 6.45) is 0.361. The minimum Gasteiger partial charge on any atom is -0.315 e. The quantitative estimate of drug-likeness (QED) is 0.432. The molecule has 0 aliphatic carbocycles. The summed E-state index contributed by atoms with van der Waals surface area (Å²) in [7, 11) is 0. The van der Waals surface area contributed by atoms with Crippen molar-refractivity contribution in [2.75, 3.05) is 5.75 Å². The van der Waals surface area contributed by atoms with Gasteiger partial charge in [-0.15, -0.1) is 11.8 Å². The number of hydrogen-bond acceptors (Lipinski definition) is 3. The predicted molar refractivity (Wildman–Crippen MR) is 113 cm³/mol. The van der Waals surface area contributed by atoms with Crippen LogP contribution in [0, 0.1) is 0 Å². The molecule has 1 heterocycles. The minimum absolute atomic E-state index is 0.151. The topological polar surface area (TPSA) is 34.4 Å². The lowest BCUT2D eigenvalue weighted by Gasteiger charge is -2.03. The van der Waals surface area contributed by atoms with E-state index < -0.39 is 0 Å². The second kappa shape index (κ2) is 8.81. The molecule has 3 rings (SSSR count). The van der Waals surface area contributed by atoms with Crippen LogP contribution in [0.25, 0.3) is 10.2 Å². The Morgan fingerprint density at radius 1 is 1.15 bits per heavy atom. The first kappa shape index (κ1) is 19.8. The Hall–Kier alpha value is -0.980. The van der Waals surface area contributed by atoms with Crippen LogP contribution in [-0.4, -0.2) is 16.2 Å². The molecule has 0 aliphatic rings. The van der Waals surface area contributed by atoms with Crippen molar-refractivity contribution in [2.45, 2.75) is 24.8 Å². The summed E-state index contributed by atoms with van der Waals surface area (Å²) in [5, 5.41) is 1.69. The zero-order chi connectivity index (χ0) is 18.7. The first-order valence-corrected chi connectivity index (χ1v) is 10.9. The molecule has 2 aromatic carbocycles. The molecule has 3 aromatic rings. The smallest absolute Gasteiger partial charge is 0.249 e. The second-order valence-corrected chi connectivity index (χ2v) is 8.79. The molecule has 0 saturated carbocycles. The maximum Gasteiger partial charge on any atom is 0.249 e. The number of carbonyl (C=O) groups is 1. The lowest BCUT2D eigenvalue weighted by molar-refractivity contribution is -0.117. The lowest BCUT2D eigenvalue weighted by Crippen LogP contribution is -2.16. The van der Waals surface area contributed by atoms with Gasteiger partial charge in [0, 0.05) is 28.6 Å². The van der Waals surface area contributed by atoms with Crippen LogP contribution in [0.2, 0.25) is 15.1 Å². The zero-order valence-corrected chi connectivity index (χ0v) is 17.7. The summed E-state index contributed by atoms with van der Waals surface area (Å²) in [5.41, 5.74) is 0.828. The predicted octanol–water partition coefficient (Wildman–Crippen LogP) is 6.29. The Labute approximate surface area is 174 Å². The van der Waals surface area contributed by atoms with Gasteiger partial charge in [0.25, 0.3) is 0 Å². The summed E-state index contributed by atoms with van der Waals surface area (Å²) in [4.78, 5) is 18.3. The molecule has 0 bridgehead atoms. The van der Waals surface area contributed by atoms with Gasteiger partial charge in [-0.2, -0.15) is 4.99 Å². The lowest BCUT2D eigenvalue weighted by atomic mass is 10.3. The van der Waals surface area contributed by atoms with Crippen LogP contribution in [0.3, 0.4) is 0 Å². The van der Waals surface area contributed by atoms with Crippen LogP contribution in [0.15, 0.2) is 46.3 Å². The average molecular weight is 446 g/mol. The molecule has 8 heteroatoms. The summed E-state index contributed by atoms with van der Waals surface area (Å²) in [5.74, 6) is 0.510. The largest absolute Gasteiger partial charge is 0.315 e. The van der Waals surface area contributed by atoms with Crippen molar-refractivity contribution < 1.29 is 4.79 Å². The molecule has 0 spiro atoms. The monoisotopic (exact) mass is 444 g/mol. The third-order valence-corrected chi connectivity index (χ3v) is 6.77. The van der Waals surface area contributed by atoms with Gasteiger partial charge in [-0.1, -0.05) is 46.1 Å². The van der Waals surface area contributed by atoms with E-state index in [1.54, 1.807) is 17.8 Å². The van der Waals surface area contributed by atoms with E-state index in [0.717, 1.165) is 15.1 Å². The number of aromatic nitrogens is 1. The van der Waals surface area contributed by atoms with E-state index in [0.29, 0.717) is 38.6 Å². The maximum absolute atomic E-state index is 12.3. The number of benzene rings is 2. The van der Waals surface area contributed by atoms with Gasteiger partial charge in [0.1, 0.15) is 0 Å². The molecule has 0 atom stereocenters. The number of thiazole rings is 1. The molecule has 136 valence electrons. The Bertz CT molecular complexity index is 1010. The fourth-order valence-corrected chi connectivity index (χ4v) is 4.99. The van der Waals surface area contributed by atoms with E-state index in [1.165, 1.54) is 11.3 Å². The molecule has 0 saturated heterocycles. The van der Waals surface area contributed by atoms with Crippen molar-refractivity contribution in [3.63, 3.8) is 0 Å². The number of thioether (sulfide) groups is 1. The maximum atomic E-state index is 12.3.